The topological polar surface area (TPSA) is 86.4 Å². The van der Waals surface area contributed by atoms with Crippen LogP contribution in [0.15, 0.2) is 29.1 Å². The highest BCUT2D eigenvalue weighted by atomic mass is 16.2. The molecule has 1 aromatic carbocycles. The summed E-state index contributed by atoms with van der Waals surface area (Å²) in [5.41, 5.74) is -0.0287. The Hall–Kier alpha value is -2.70. The van der Waals surface area contributed by atoms with Crippen LogP contribution >= 0.6 is 0 Å². The van der Waals surface area contributed by atoms with Gasteiger partial charge in [-0.25, -0.2) is 5.10 Å². The van der Waals surface area contributed by atoms with Gasteiger partial charge < -0.3 is 9.80 Å². The molecule has 27 heavy (non-hydrogen) atoms. The number of H-pyrrole nitrogens is 1. The predicted octanol–water partition coefficient (Wildman–Crippen LogP) is 1.79. The van der Waals surface area contributed by atoms with Crippen LogP contribution in [0, 0.1) is 5.92 Å². The normalized spacial score (nSPS) is 18.7. The highest BCUT2D eigenvalue weighted by Gasteiger charge is 2.31. The number of aromatic amines is 1. The number of benzene rings is 1. The standard InChI is InChI=1S/C20H24N4O3/c25-18-16-7-3-2-6-15(16)17(21-22-18)20(27)24-12-8-14(9-13-24)19(26)23-10-4-1-5-11-23/h2-3,6-7,14H,1,4-5,8-13H2,(H,22,25). The van der Waals surface area contributed by atoms with Crippen molar-refractivity contribution in [2.75, 3.05) is 26.2 Å². The molecule has 7 heteroatoms. The van der Waals surface area contributed by atoms with Gasteiger partial charge in [0.1, 0.15) is 0 Å². The Bertz CT molecular complexity index is 909. The van der Waals surface area contributed by atoms with Gasteiger partial charge in [0, 0.05) is 37.5 Å². The van der Waals surface area contributed by atoms with Gasteiger partial charge in [0.15, 0.2) is 5.69 Å². The third-order valence-corrected chi connectivity index (χ3v) is 5.70. The van der Waals surface area contributed by atoms with Crippen molar-refractivity contribution in [1.29, 1.82) is 0 Å². The Labute approximate surface area is 157 Å². The number of amides is 2. The molecule has 0 unspecified atom stereocenters. The highest BCUT2D eigenvalue weighted by molar-refractivity contribution is 6.04. The monoisotopic (exact) mass is 368 g/mol. The van der Waals surface area contributed by atoms with Crippen LogP contribution in [-0.2, 0) is 4.79 Å². The molecule has 1 aromatic heterocycles. The van der Waals surface area contributed by atoms with Crippen LogP contribution in [0.1, 0.15) is 42.6 Å². The summed E-state index contributed by atoms with van der Waals surface area (Å²) in [5.74, 6) is 0.0631. The molecule has 0 bridgehead atoms. The van der Waals surface area contributed by atoms with Gasteiger partial charge >= 0.3 is 0 Å². The minimum atomic E-state index is -0.298. The lowest BCUT2D eigenvalue weighted by Gasteiger charge is -2.35. The molecule has 0 aliphatic carbocycles. The first kappa shape index (κ1) is 17.7. The Morgan fingerprint density at radius 2 is 1.59 bits per heavy atom. The molecule has 1 N–H and O–H groups in total. The van der Waals surface area contributed by atoms with E-state index in [0.29, 0.717) is 36.7 Å². The summed E-state index contributed by atoms with van der Waals surface area (Å²) in [7, 11) is 0. The van der Waals surface area contributed by atoms with Crippen LogP contribution in [0.2, 0.25) is 0 Å². The van der Waals surface area contributed by atoms with Gasteiger partial charge in [-0.2, -0.15) is 5.10 Å². The van der Waals surface area contributed by atoms with Crippen molar-refractivity contribution in [3.63, 3.8) is 0 Å². The second kappa shape index (κ2) is 7.50. The van der Waals surface area contributed by atoms with Crippen LogP contribution in [0.4, 0.5) is 0 Å². The summed E-state index contributed by atoms with van der Waals surface area (Å²) in [6.07, 6.45) is 4.75. The van der Waals surface area contributed by atoms with Gasteiger partial charge in [0.05, 0.1) is 5.39 Å². The van der Waals surface area contributed by atoms with Crippen molar-refractivity contribution in [3.8, 4) is 0 Å². The second-order valence-corrected chi connectivity index (χ2v) is 7.40. The Morgan fingerprint density at radius 3 is 2.30 bits per heavy atom. The number of piperidine rings is 2. The first-order valence-electron chi connectivity index (χ1n) is 9.70. The Kier molecular flexibility index (Phi) is 4.92. The zero-order valence-corrected chi connectivity index (χ0v) is 15.3. The van der Waals surface area contributed by atoms with Gasteiger partial charge in [-0.15, -0.1) is 0 Å². The molecule has 2 fully saturated rings. The van der Waals surface area contributed by atoms with E-state index in [2.05, 4.69) is 10.2 Å². The molecule has 7 nitrogen and oxygen atoms in total. The second-order valence-electron chi connectivity index (χ2n) is 7.40. The molecule has 0 atom stereocenters. The summed E-state index contributed by atoms with van der Waals surface area (Å²) < 4.78 is 0. The molecular weight excluding hydrogens is 344 g/mol. The number of hydrogen-bond donors (Lipinski definition) is 1. The molecule has 2 aliphatic rings. The van der Waals surface area contributed by atoms with Crippen LogP contribution in [-0.4, -0.2) is 58.0 Å². The molecule has 2 amide bonds. The van der Waals surface area contributed by atoms with Gasteiger partial charge in [0.2, 0.25) is 5.91 Å². The van der Waals surface area contributed by atoms with E-state index in [-0.39, 0.29) is 29.0 Å². The molecule has 2 aromatic rings. The molecule has 3 heterocycles. The lowest BCUT2D eigenvalue weighted by Crippen LogP contribution is -2.46. The van der Waals surface area contributed by atoms with Crippen LogP contribution in [0.25, 0.3) is 10.8 Å². The zero-order valence-electron chi connectivity index (χ0n) is 15.3. The van der Waals surface area contributed by atoms with Gasteiger partial charge in [-0.1, -0.05) is 18.2 Å². The fourth-order valence-corrected chi connectivity index (χ4v) is 4.13. The number of fused-ring (bicyclic) bond motifs is 1. The molecule has 2 aliphatic heterocycles. The first-order chi connectivity index (χ1) is 13.1. The van der Waals surface area contributed by atoms with Crippen molar-refractivity contribution in [2.24, 2.45) is 5.92 Å². The minimum absolute atomic E-state index is 0.00688. The van der Waals surface area contributed by atoms with Gasteiger partial charge in [-0.3, -0.25) is 14.4 Å². The molecule has 142 valence electrons. The van der Waals surface area contributed by atoms with E-state index in [1.165, 1.54) is 6.42 Å². The molecule has 0 radical (unpaired) electrons. The quantitative estimate of drug-likeness (QED) is 0.876. The summed E-state index contributed by atoms with van der Waals surface area (Å²) in [5, 5.41) is 7.46. The average Bonchev–Trinajstić information content (AvgIpc) is 2.74. The largest absolute Gasteiger partial charge is 0.342 e. The Morgan fingerprint density at radius 1 is 0.926 bits per heavy atom. The number of nitrogens with zero attached hydrogens (tertiary/aromatic N) is 3. The SMILES string of the molecule is O=C(c1n[nH]c(=O)c2ccccc12)N1CCC(C(=O)N2CCCCC2)CC1. The number of aromatic nitrogens is 2. The average molecular weight is 368 g/mol. The number of carbonyl (C=O) groups is 2. The van der Waals surface area contributed by atoms with E-state index in [1.54, 1.807) is 29.2 Å². The fourth-order valence-electron chi connectivity index (χ4n) is 4.13. The van der Waals surface area contributed by atoms with Crippen molar-refractivity contribution in [2.45, 2.75) is 32.1 Å². The summed E-state index contributed by atoms with van der Waals surface area (Å²) >= 11 is 0. The first-order valence-corrected chi connectivity index (χ1v) is 9.70. The number of nitrogens with one attached hydrogen (secondary N) is 1. The maximum atomic E-state index is 12.9. The van der Waals surface area contributed by atoms with Crippen LogP contribution < -0.4 is 5.56 Å². The number of hydrogen-bond acceptors (Lipinski definition) is 4. The van der Waals surface area contributed by atoms with Crippen molar-refractivity contribution in [1.82, 2.24) is 20.0 Å². The summed E-state index contributed by atoms with van der Waals surface area (Å²) in [4.78, 5) is 41.3. The Balaban J connectivity index is 1.46. The predicted molar refractivity (Wildman–Crippen MR) is 101 cm³/mol. The highest BCUT2D eigenvalue weighted by Crippen LogP contribution is 2.24. The summed E-state index contributed by atoms with van der Waals surface area (Å²) in [6, 6.07) is 7.00. The van der Waals surface area contributed by atoms with E-state index >= 15 is 0 Å². The van der Waals surface area contributed by atoms with Crippen LogP contribution in [0.3, 0.4) is 0 Å². The maximum Gasteiger partial charge on any atom is 0.274 e. The third-order valence-electron chi connectivity index (χ3n) is 5.70. The third kappa shape index (κ3) is 3.46. The molecule has 0 spiro atoms. The number of likely N-dealkylation sites (tertiary alicyclic amines) is 2. The zero-order chi connectivity index (χ0) is 18.8. The maximum absolute atomic E-state index is 12.9. The fraction of sp³-hybridized carbons (Fsp3) is 0.500. The van der Waals surface area contributed by atoms with E-state index in [4.69, 9.17) is 0 Å². The van der Waals surface area contributed by atoms with Crippen LogP contribution in [0.5, 0.6) is 0 Å². The van der Waals surface area contributed by atoms with Crippen molar-refractivity contribution < 1.29 is 9.59 Å². The smallest absolute Gasteiger partial charge is 0.274 e. The molecule has 2 saturated heterocycles. The van der Waals surface area contributed by atoms with Gasteiger partial charge in [0.25, 0.3) is 11.5 Å². The van der Waals surface area contributed by atoms with E-state index in [9.17, 15) is 14.4 Å². The molecular formula is C20H24N4O3. The van der Waals surface area contributed by atoms with E-state index < -0.39 is 0 Å². The van der Waals surface area contributed by atoms with Crippen molar-refractivity contribution in [3.05, 3.63) is 40.3 Å². The number of carbonyl (C=O) groups excluding carboxylic acids is 2. The minimum Gasteiger partial charge on any atom is -0.342 e. The lowest BCUT2D eigenvalue weighted by molar-refractivity contribution is -0.137. The van der Waals surface area contributed by atoms with E-state index in [0.717, 1.165) is 25.9 Å². The molecule has 0 saturated carbocycles. The number of rotatable bonds is 2. The van der Waals surface area contributed by atoms with Gasteiger partial charge in [-0.05, 0) is 38.2 Å². The molecule has 4 rings (SSSR count). The lowest BCUT2D eigenvalue weighted by atomic mass is 9.94. The van der Waals surface area contributed by atoms with Crippen molar-refractivity contribution >= 4 is 22.6 Å². The summed E-state index contributed by atoms with van der Waals surface area (Å²) in [6.45, 7) is 2.81. The van der Waals surface area contributed by atoms with E-state index in [1.807, 2.05) is 4.90 Å².